The summed E-state index contributed by atoms with van der Waals surface area (Å²) >= 11 is 0. The number of benzene rings is 1. The second-order valence-electron chi connectivity index (χ2n) is 3.74. The number of nitrogens with zero attached hydrogens (tertiary/aromatic N) is 1. The van der Waals surface area contributed by atoms with Gasteiger partial charge in [0.05, 0.1) is 12.2 Å². The Balaban J connectivity index is 3.01. The summed E-state index contributed by atoms with van der Waals surface area (Å²) in [5.41, 5.74) is 0.236. The fourth-order valence-electron chi connectivity index (χ4n) is 1.37. The molecule has 0 radical (unpaired) electrons. The molecule has 1 rings (SSSR count). The molecular formula is C13H13FN2O2. The molecule has 0 spiro atoms. The van der Waals surface area contributed by atoms with E-state index < -0.39 is 11.7 Å². The minimum atomic E-state index is -0.596. The molecule has 0 aliphatic carbocycles. The standard InChI is InChI=1S/C13H13FN2O2/c1-4-7-16(3)13(18)10-5-6-11(14)12(8-10)15-9(2)17/h1,5-6,8H,7H2,2-3H3,(H,15,17). The van der Waals surface area contributed by atoms with Crippen LogP contribution in [0.4, 0.5) is 10.1 Å². The molecule has 0 aliphatic heterocycles. The maximum Gasteiger partial charge on any atom is 0.254 e. The van der Waals surface area contributed by atoms with Crippen LogP contribution < -0.4 is 5.32 Å². The summed E-state index contributed by atoms with van der Waals surface area (Å²) in [7, 11) is 1.55. The van der Waals surface area contributed by atoms with Crippen molar-refractivity contribution < 1.29 is 14.0 Å². The molecule has 94 valence electrons. The topological polar surface area (TPSA) is 49.4 Å². The smallest absolute Gasteiger partial charge is 0.254 e. The minimum absolute atomic E-state index is 0.0255. The van der Waals surface area contributed by atoms with Crippen LogP contribution in [-0.2, 0) is 4.79 Å². The summed E-state index contributed by atoms with van der Waals surface area (Å²) in [6.45, 7) is 1.42. The van der Waals surface area contributed by atoms with Gasteiger partial charge in [-0.25, -0.2) is 4.39 Å². The second-order valence-corrected chi connectivity index (χ2v) is 3.74. The fourth-order valence-corrected chi connectivity index (χ4v) is 1.37. The molecule has 18 heavy (non-hydrogen) atoms. The second kappa shape index (κ2) is 5.82. The minimum Gasteiger partial charge on any atom is -0.331 e. The summed E-state index contributed by atoms with van der Waals surface area (Å²) in [5, 5.41) is 2.31. The Morgan fingerprint density at radius 2 is 2.17 bits per heavy atom. The molecule has 4 nitrogen and oxygen atoms in total. The fraction of sp³-hybridized carbons (Fsp3) is 0.231. The molecule has 0 heterocycles. The first-order chi connectivity index (χ1) is 8.45. The monoisotopic (exact) mass is 248 g/mol. The zero-order chi connectivity index (χ0) is 13.7. The first-order valence-corrected chi connectivity index (χ1v) is 5.21. The summed E-state index contributed by atoms with van der Waals surface area (Å²) in [4.78, 5) is 24.1. The van der Waals surface area contributed by atoms with E-state index in [-0.39, 0.29) is 23.7 Å². The van der Waals surface area contributed by atoms with Gasteiger partial charge in [-0.15, -0.1) is 6.42 Å². The lowest BCUT2D eigenvalue weighted by Gasteiger charge is -2.14. The van der Waals surface area contributed by atoms with Crippen LogP contribution in [0.5, 0.6) is 0 Å². The van der Waals surface area contributed by atoms with Gasteiger partial charge < -0.3 is 10.2 Å². The van der Waals surface area contributed by atoms with Crippen molar-refractivity contribution in [3.8, 4) is 12.3 Å². The summed E-state index contributed by atoms with van der Waals surface area (Å²) < 4.78 is 13.4. The van der Waals surface area contributed by atoms with E-state index in [0.29, 0.717) is 0 Å². The van der Waals surface area contributed by atoms with E-state index in [9.17, 15) is 14.0 Å². The van der Waals surface area contributed by atoms with Crippen molar-refractivity contribution in [1.82, 2.24) is 4.90 Å². The third kappa shape index (κ3) is 3.32. The molecule has 5 heteroatoms. The predicted octanol–water partition coefficient (Wildman–Crippen LogP) is 1.49. The van der Waals surface area contributed by atoms with Gasteiger partial charge in [0, 0.05) is 19.5 Å². The number of amides is 2. The predicted molar refractivity (Wildman–Crippen MR) is 66.5 cm³/mol. The molecule has 1 N–H and O–H groups in total. The zero-order valence-corrected chi connectivity index (χ0v) is 10.2. The van der Waals surface area contributed by atoms with Crippen LogP contribution in [0.25, 0.3) is 0 Å². The van der Waals surface area contributed by atoms with E-state index in [0.717, 1.165) is 6.07 Å². The normalized spacial score (nSPS) is 9.44. The molecule has 1 aromatic rings. The van der Waals surface area contributed by atoms with Gasteiger partial charge in [-0.2, -0.15) is 0 Å². The van der Waals surface area contributed by atoms with Gasteiger partial charge in [0.25, 0.3) is 5.91 Å². The summed E-state index contributed by atoms with van der Waals surface area (Å²) in [6, 6.07) is 3.75. The van der Waals surface area contributed by atoms with Crippen LogP contribution in [0, 0.1) is 18.2 Å². The van der Waals surface area contributed by atoms with Crippen molar-refractivity contribution in [2.45, 2.75) is 6.92 Å². The SMILES string of the molecule is C#CCN(C)C(=O)c1ccc(F)c(NC(C)=O)c1. The lowest BCUT2D eigenvalue weighted by molar-refractivity contribution is -0.114. The van der Waals surface area contributed by atoms with Gasteiger partial charge >= 0.3 is 0 Å². The first-order valence-electron chi connectivity index (χ1n) is 5.21. The average Bonchev–Trinajstić information content (AvgIpc) is 2.31. The lowest BCUT2D eigenvalue weighted by Crippen LogP contribution is -2.27. The van der Waals surface area contributed by atoms with Crippen molar-refractivity contribution in [1.29, 1.82) is 0 Å². The van der Waals surface area contributed by atoms with Gasteiger partial charge in [-0.05, 0) is 18.2 Å². The number of terminal acetylenes is 1. The van der Waals surface area contributed by atoms with E-state index in [1.54, 1.807) is 7.05 Å². The highest BCUT2D eigenvalue weighted by molar-refractivity contribution is 5.96. The van der Waals surface area contributed by atoms with Gasteiger partial charge in [-0.1, -0.05) is 5.92 Å². The van der Waals surface area contributed by atoms with Crippen molar-refractivity contribution in [2.24, 2.45) is 0 Å². The Bertz CT molecular complexity index is 520. The number of nitrogens with one attached hydrogen (secondary N) is 1. The van der Waals surface area contributed by atoms with E-state index in [4.69, 9.17) is 6.42 Å². The largest absolute Gasteiger partial charge is 0.331 e. The van der Waals surface area contributed by atoms with Crippen LogP contribution in [0.3, 0.4) is 0 Å². The van der Waals surface area contributed by atoms with E-state index in [2.05, 4.69) is 11.2 Å². The van der Waals surface area contributed by atoms with Crippen molar-refractivity contribution in [3.05, 3.63) is 29.6 Å². The van der Waals surface area contributed by atoms with Gasteiger partial charge in [-0.3, -0.25) is 9.59 Å². The molecule has 0 saturated carbocycles. The third-order valence-corrected chi connectivity index (χ3v) is 2.20. The zero-order valence-electron chi connectivity index (χ0n) is 10.2. The van der Waals surface area contributed by atoms with E-state index in [1.165, 1.54) is 24.0 Å². The number of anilines is 1. The highest BCUT2D eigenvalue weighted by atomic mass is 19.1. The summed E-state index contributed by atoms with van der Waals surface area (Å²) in [5.74, 6) is 1.00. The Hall–Kier alpha value is -2.35. The van der Waals surface area contributed by atoms with Crippen molar-refractivity contribution in [2.75, 3.05) is 18.9 Å². The summed E-state index contributed by atoms with van der Waals surface area (Å²) in [6.07, 6.45) is 5.10. The first kappa shape index (κ1) is 13.7. The van der Waals surface area contributed by atoms with Crippen molar-refractivity contribution in [3.63, 3.8) is 0 Å². The molecule has 0 aliphatic rings. The van der Waals surface area contributed by atoms with Crippen LogP contribution in [-0.4, -0.2) is 30.3 Å². The number of carbonyl (C=O) groups excluding carboxylic acids is 2. The molecule has 0 saturated heterocycles. The van der Waals surface area contributed by atoms with Crippen LogP contribution in [0.1, 0.15) is 17.3 Å². The quantitative estimate of drug-likeness (QED) is 0.824. The van der Waals surface area contributed by atoms with Gasteiger partial charge in [0.1, 0.15) is 5.82 Å². The average molecular weight is 248 g/mol. The molecule has 0 atom stereocenters. The van der Waals surface area contributed by atoms with Crippen LogP contribution in [0.2, 0.25) is 0 Å². The maximum atomic E-state index is 13.4. The van der Waals surface area contributed by atoms with E-state index >= 15 is 0 Å². The highest BCUT2D eigenvalue weighted by Gasteiger charge is 2.13. The molecule has 0 fully saturated rings. The molecule has 0 bridgehead atoms. The van der Waals surface area contributed by atoms with E-state index in [1.807, 2.05) is 0 Å². The maximum absolute atomic E-state index is 13.4. The molecule has 2 amide bonds. The molecule has 1 aromatic carbocycles. The highest BCUT2D eigenvalue weighted by Crippen LogP contribution is 2.17. The lowest BCUT2D eigenvalue weighted by atomic mass is 10.1. The van der Waals surface area contributed by atoms with Crippen molar-refractivity contribution >= 4 is 17.5 Å². The third-order valence-electron chi connectivity index (χ3n) is 2.20. The van der Waals surface area contributed by atoms with Crippen LogP contribution >= 0.6 is 0 Å². The number of carbonyl (C=O) groups is 2. The molecule has 0 aromatic heterocycles. The Kier molecular flexibility index (Phi) is 4.44. The molecular weight excluding hydrogens is 235 g/mol. The van der Waals surface area contributed by atoms with Gasteiger partial charge in [0.15, 0.2) is 0 Å². The number of hydrogen-bond acceptors (Lipinski definition) is 2. The van der Waals surface area contributed by atoms with Crippen LogP contribution in [0.15, 0.2) is 18.2 Å². The Morgan fingerprint density at radius 1 is 1.50 bits per heavy atom. The van der Waals surface area contributed by atoms with Gasteiger partial charge in [0.2, 0.25) is 5.91 Å². The molecule has 0 unspecified atom stereocenters. The number of halogens is 1. The Morgan fingerprint density at radius 3 is 2.72 bits per heavy atom. The number of hydrogen-bond donors (Lipinski definition) is 1. The number of rotatable bonds is 3. The Labute approximate surface area is 105 Å².